The third-order valence-electron chi connectivity index (χ3n) is 7.30. The molecule has 0 spiro atoms. The Morgan fingerprint density at radius 1 is 0.867 bits per heavy atom. The molecular weight excluding hydrogens is 592 g/mol. The fourth-order valence-electron chi connectivity index (χ4n) is 4.99. The van der Waals surface area contributed by atoms with E-state index in [9.17, 15) is 19.5 Å². The smallest absolute Gasteiger partial charge is 0.337 e. The Bertz CT molecular complexity index is 1610. The van der Waals surface area contributed by atoms with Gasteiger partial charge in [0.1, 0.15) is 11.5 Å². The van der Waals surface area contributed by atoms with E-state index in [0.29, 0.717) is 17.2 Å². The maximum atomic E-state index is 12.4. The highest BCUT2D eigenvalue weighted by molar-refractivity contribution is 7.98. The number of benzene rings is 3. The van der Waals surface area contributed by atoms with Gasteiger partial charge < -0.3 is 30.5 Å². The molecule has 4 N–H and O–H groups in total. The van der Waals surface area contributed by atoms with Crippen LogP contribution < -0.4 is 25.4 Å². The number of amides is 3. The fraction of sp³-hybridized carbons (Fsp3) is 0.235. The Morgan fingerprint density at radius 2 is 1.58 bits per heavy atom. The summed E-state index contributed by atoms with van der Waals surface area (Å²) >= 11 is 1.66. The number of aromatic nitrogens is 1. The molecule has 0 atom stereocenters. The zero-order valence-corrected chi connectivity index (χ0v) is 25.5. The van der Waals surface area contributed by atoms with Gasteiger partial charge in [-0.25, -0.2) is 14.6 Å². The van der Waals surface area contributed by atoms with Crippen molar-refractivity contribution in [2.75, 3.05) is 16.9 Å². The lowest BCUT2D eigenvalue weighted by Gasteiger charge is -2.29. The van der Waals surface area contributed by atoms with Crippen LogP contribution in [0.4, 0.5) is 16.2 Å². The van der Waals surface area contributed by atoms with E-state index in [1.807, 2.05) is 54.8 Å². The Labute approximate surface area is 265 Å². The molecule has 0 aliphatic heterocycles. The van der Waals surface area contributed by atoms with Gasteiger partial charge in [0.05, 0.1) is 23.8 Å². The van der Waals surface area contributed by atoms with Crippen LogP contribution in [-0.4, -0.2) is 46.4 Å². The van der Waals surface area contributed by atoms with Crippen molar-refractivity contribution in [2.45, 2.75) is 49.1 Å². The number of carbonyl (C=O) groups excluding carboxylic acids is 2. The van der Waals surface area contributed by atoms with E-state index in [1.165, 1.54) is 6.07 Å². The van der Waals surface area contributed by atoms with Crippen molar-refractivity contribution in [3.05, 3.63) is 102 Å². The number of nitrogens with zero attached hydrogens (tertiary/aromatic N) is 1. The second-order valence-corrected chi connectivity index (χ2v) is 11.5. The molecule has 3 amide bonds. The molecule has 3 aromatic carbocycles. The zero-order chi connectivity index (χ0) is 31.6. The molecule has 0 bridgehead atoms. The standard InChI is InChI=1S/C34H34N4O6S/c1-45-28-17-9-24(10-18-28)37-34(42)36-23-7-11-25(12-8-23)43-26-13-15-27(16-14-26)44-32-19-6-22(21-35-32)20-31(39)38-30-5-3-2-4-29(30)33(40)41/h2-6,9-10,13-19,21,23,25H,7-8,11-12,20H2,1H3,(H,38,39)(H,40,41)(H2,36,37,42). The number of urea groups is 1. The predicted molar refractivity (Wildman–Crippen MR) is 174 cm³/mol. The Kier molecular flexibility index (Phi) is 10.5. The van der Waals surface area contributed by atoms with Gasteiger partial charge in [0.2, 0.25) is 11.8 Å². The van der Waals surface area contributed by atoms with Crippen LogP contribution in [0.15, 0.2) is 96.0 Å². The lowest BCUT2D eigenvalue weighted by molar-refractivity contribution is -0.115. The molecule has 5 rings (SSSR count). The normalized spacial score (nSPS) is 15.8. The molecular formula is C34H34N4O6S. The third-order valence-corrected chi connectivity index (χ3v) is 8.04. The summed E-state index contributed by atoms with van der Waals surface area (Å²) in [5, 5.41) is 17.9. The van der Waals surface area contributed by atoms with E-state index in [0.717, 1.165) is 42.0 Å². The van der Waals surface area contributed by atoms with Crippen LogP contribution in [-0.2, 0) is 11.2 Å². The van der Waals surface area contributed by atoms with Gasteiger partial charge in [-0.05, 0) is 98.2 Å². The summed E-state index contributed by atoms with van der Waals surface area (Å²) in [7, 11) is 0. The lowest BCUT2D eigenvalue weighted by Crippen LogP contribution is -2.41. The highest BCUT2D eigenvalue weighted by atomic mass is 32.2. The highest BCUT2D eigenvalue weighted by Gasteiger charge is 2.24. The summed E-state index contributed by atoms with van der Waals surface area (Å²) in [6.07, 6.45) is 7.02. The van der Waals surface area contributed by atoms with Crippen molar-refractivity contribution in [3.8, 4) is 17.4 Å². The van der Waals surface area contributed by atoms with Gasteiger partial charge in [-0.3, -0.25) is 4.79 Å². The maximum Gasteiger partial charge on any atom is 0.337 e. The Morgan fingerprint density at radius 3 is 2.24 bits per heavy atom. The molecule has 1 fully saturated rings. The van der Waals surface area contributed by atoms with Crippen LogP contribution >= 0.6 is 11.8 Å². The SMILES string of the molecule is CSc1ccc(NC(=O)NC2CCC(Oc3ccc(Oc4ccc(CC(=O)Nc5ccccc5C(=O)O)cn4)cc3)CC2)cc1. The van der Waals surface area contributed by atoms with Crippen LogP contribution in [0.25, 0.3) is 0 Å². The molecule has 10 nitrogen and oxygen atoms in total. The van der Waals surface area contributed by atoms with E-state index in [1.54, 1.807) is 48.3 Å². The highest BCUT2D eigenvalue weighted by Crippen LogP contribution is 2.27. The number of rotatable bonds is 11. The Balaban J connectivity index is 1.03. The van der Waals surface area contributed by atoms with Crippen molar-refractivity contribution < 1.29 is 29.0 Å². The number of hydrogen-bond acceptors (Lipinski definition) is 7. The quantitative estimate of drug-likeness (QED) is 0.131. The summed E-state index contributed by atoms with van der Waals surface area (Å²) in [6.45, 7) is 0. The van der Waals surface area contributed by atoms with Crippen molar-refractivity contribution in [3.63, 3.8) is 0 Å². The van der Waals surface area contributed by atoms with Crippen molar-refractivity contribution in [1.82, 2.24) is 10.3 Å². The average Bonchev–Trinajstić information content (AvgIpc) is 3.04. The lowest BCUT2D eigenvalue weighted by atomic mass is 9.93. The third kappa shape index (κ3) is 9.23. The van der Waals surface area contributed by atoms with Crippen molar-refractivity contribution >= 4 is 41.0 Å². The minimum atomic E-state index is -1.11. The number of anilines is 2. The van der Waals surface area contributed by atoms with Crippen molar-refractivity contribution in [2.24, 2.45) is 0 Å². The number of carboxylic acid groups (broad SMARTS) is 1. The number of carboxylic acids is 1. The molecule has 1 aliphatic carbocycles. The molecule has 0 radical (unpaired) electrons. The molecule has 11 heteroatoms. The summed E-state index contributed by atoms with van der Waals surface area (Å²) in [5.41, 5.74) is 1.70. The van der Waals surface area contributed by atoms with Gasteiger partial charge in [0, 0.05) is 28.9 Å². The summed E-state index contributed by atoms with van der Waals surface area (Å²) in [6, 6.07) is 24.6. The summed E-state index contributed by atoms with van der Waals surface area (Å²) in [5.74, 6) is 0.242. The topological polar surface area (TPSA) is 139 Å². The molecule has 1 aromatic heterocycles. The molecule has 0 unspecified atom stereocenters. The van der Waals surface area contributed by atoms with Gasteiger partial charge in [-0.1, -0.05) is 18.2 Å². The first-order valence-electron chi connectivity index (χ1n) is 14.6. The van der Waals surface area contributed by atoms with E-state index >= 15 is 0 Å². The molecule has 0 saturated heterocycles. The summed E-state index contributed by atoms with van der Waals surface area (Å²) < 4.78 is 12.0. The fourth-order valence-corrected chi connectivity index (χ4v) is 5.39. The van der Waals surface area contributed by atoms with E-state index in [4.69, 9.17) is 9.47 Å². The molecule has 232 valence electrons. The van der Waals surface area contributed by atoms with Crippen molar-refractivity contribution in [1.29, 1.82) is 0 Å². The Hall–Kier alpha value is -5.03. The second-order valence-electron chi connectivity index (χ2n) is 10.6. The molecule has 1 saturated carbocycles. The van der Waals surface area contributed by atoms with Gasteiger partial charge in [0.25, 0.3) is 0 Å². The zero-order valence-electron chi connectivity index (χ0n) is 24.7. The second kappa shape index (κ2) is 15.1. The number of carbonyl (C=O) groups is 3. The number of thioether (sulfide) groups is 1. The minimum absolute atomic E-state index is 0.0271. The van der Waals surface area contributed by atoms with Crippen LogP contribution in [0.1, 0.15) is 41.6 Å². The van der Waals surface area contributed by atoms with Crippen LogP contribution in [0.3, 0.4) is 0 Å². The average molecular weight is 627 g/mol. The number of para-hydroxylation sites is 1. The number of hydrogen-bond donors (Lipinski definition) is 4. The number of pyridine rings is 1. The number of aromatic carboxylic acids is 1. The first kappa shape index (κ1) is 31.4. The van der Waals surface area contributed by atoms with E-state index in [-0.39, 0.29) is 41.8 Å². The monoisotopic (exact) mass is 626 g/mol. The molecule has 1 aliphatic rings. The van der Waals surface area contributed by atoms with Crippen LogP contribution in [0, 0.1) is 0 Å². The van der Waals surface area contributed by atoms with Gasteiger partial charge in [-0.2, -0.15) is 0 Å². The minimum Gasteiger partial charge on any atom is -0.490 e. The van der Waals surface area contributed by atoms with Gasteiger partial charge in [0.15, 0.2) is 0 Å². The number of nitrogens with one attached hydrogen (secondary N) is 3. The first-order chi connectivity index (χ1) is 21.8. The predicted octanol–water partition coefficient (Wildman–Crippen LogP) is 6.99. The number of ether oxygens (including phenoxy) is 2. The maximum absolute atomic E-state index is 12.4. The first-order valence-corrected chi connectivity index (χ1v) is 15.8. The molecule has 4 aromatic rings. The van der Waals surface area contributed by atoms with E-state index < -0.39 is 5.97 Å². The largest absolute Gasteiger partial charge is 0.490 e. The van der Waals surface area contributed by atoms with Gasteiger partial charge >= 0.3 is 12.0 Å². The van der Waals surface area contributed by atoms with Crippen LogP contribution in [0.5, 0.6) is 17.4 Å². The van der Waals surface area contributed by atoms with Gasteiger partial charge in [-0.15, -0.1) is 11.8 Å². The molecule has 1 heterocycles. The summed E-state index contributed by atoms with van der Waals surface area (Å²) in [4.78, 5) is 41.7. The van der Waals surface area contributed by atoms with E-state index in [2.05, 4.69) is 20.9 Å². The molecule has 45 heavy (non-hydrogen) atoms. The van der Waals surface area contributed by atoms with Crippen LogP contribution in [0.2, 0.25) is 0 Å².